The summed E-state index contributed by atoms with van der Waals surface area (Å²) in [5.41, 5.74) is 2.17. The molecule has 0 spiro atoms. The van der Waals surface area contributed by atoms with E-state index in [-0.39, 0.29) is 11.3 Å². The van der Waals surface area contributed by atoms with Crippen LogP contribution in [0.4, 0.5) is 0 Å². The van der Waals surface area contributed by atoms with Crippen LogP contribution in [-0.4, -0.2) is 67.0 Å². The van der Waals surface area contributed by atoms with Crippen molar-refractivity contribution >= 4 is 17.4 Å². The van der Waals surface area contributed by atoms with Crippen LogP contribution in [0.2, 0.25) is 0 Å². The lowest BCUT2D eigenvalue weighted by Gasteiger charge is -2.26. The second-order valence-corrected chi connectivity index (χ2v) is 9.84. The van der Waals surface area contributed by atoms with E-state index in [1.54, 1.807) is 23.1 Å². The minimum absolute atomic E-state index is 0.101. The zero-order chi connectivity index (χ0) is 26.4. The first-order chi connectivity index (χ1) is 17.1. The Bertz CT molecular complexity index is 1110. The highest BCUT2D eigenvalue weighted by Crippen LogP contribution is 2.40. The summed E-state index contributed by atoms with van der Waals surface area (Å²) >= 11 is 0. The zero-order valence-corrected chi connectivity index (χ0v) is 22.2. The summed E-state index contributed by atoms with van der Waals surface area (Å²) in [5, 5.41) is 11.4. The Kier molecular flexibility index (Phi) is 9.15. The van der Waals surface area contributed by atoms with Crippen LogP contribution in [0.25, 0.3) is 5.76 Å². The Balaban J connectivity index is 2.03. The molecule has 0 unspecified atom stereocenters. The molecule has 2 aromatic carbocycles. The first kappa shape index (κ1) is 27.3. The predicted octanol–water partition coefficient (Wildman–Crippen LogP) is 4.80. The molecule has 7 nitrogen and oxygen atoms in total. The lowest BCUT2D eigenvalue weighted by Crippen LogP contribution is -2.32. The fourth-order valence-electron chi connectivity index (χ4n) is 4.30. The van der Waals surface area contributed by atoms with E-state index in [0.717, 1.165) is 23.4 Å². The van der Waals surface area contributed by atoms with Gasteiger partial charge in [-0.3, -0.25) is 9.59 Å². The van der Waals surface area contributed by atoms with Crippen molar-refractivity contribution in [3.8, 4) is 11.5 Å². The molecule has 1 saturated heterocycles. The average molecular weight is 495 g/mol. The summed E-state index contributed by atoms with van der Waals surface area (Å²) in [7, 11) is 3.93. The number of Topliss-reactive ketones (excluding diaryl/α,β-unsaturated/α-hetero) is 1. The van der Waals surface area contributed by atoms with E-state index in [4.69, 9.17) is 9.47 Å². The molecule has 0 aliphatic carbocycles. The summed E-state index contributed by atoms with van der Waals surface area (Å²) in [6.45, 7) is 10.3. The summed E-state index contributed by atoms with van der Waals surface area (Å²) in [4.78, 5) is 30.0. The highest BCUT2D eigenvalue weighted by atomic mass is 16.5. The van der Waals surface area contributed by atoms with Crippen LogP contribution in [0.5, 0.6) is 11.5 Å². The second kappa shape index (κ2) is 12.1. The maximum absolute atomic E-state index is 13.2. The van der Waals surface area contributed by atoms with Crippen molar-refractivity contribution in [2.45, 2.75) is 40.2 Å². The number of hydrogen-bond donors (Lipinski definition) is 1. The molecule has 1 aliphatic rings. The van der Waals surface area contributed by atoms with Crippen LogP contribution in [0.3, 0.4) is 0 Å². The number of carbonyl (C=O) groups excluding carboxylic acids is 2. The molecule has 0 bridgehead atoms. The highest BCUT2D eigenvalue weighted by molar-refractivity contribution is 6.46. The van der Waals surface area contributed by atoms with Gasteiger partial charge in [0, 0.05) is 12.1 Å². The zero-order valence-electron chi connectivity index (χ0n) is 22.2. The van der Waals surface area contributed by atoms with Gasteiger partial charge < -0.3 is 24.4 Å². The summed E-state index contributed by atoms with van der Waals surface area (Å²) < 4.78 is 11.4. The fraction of sp³-hybridized carbons (Fsp3) is 0.448. The van der Waals surface area contributed by atoms with E-state index in [1.807, 2.05) is 57.1 Å². The van der Waals surface area contributed by atoms with Crippen LogP contribution in [-0.2, 0) is 9.59 Å². The topological polar surface area (TPSA) is 79.3 Å². The number of aliphatic hydroxyl groups excluding tert-OH is 1. The van der Waals surface area contributed by atoms with Gasteiger partial charge in [-0.2, -0.15) is 0 Å². The molecule has 7 heteroatoms. The molecular weight excluding hydrogens is 456 g/mol. The first-order valence-corrected chi connectivity index (χ1v) is 12.5. The summed E-state index contributed by atoms with van der Waals surface area (Å²) in [6, 6.07) is 12.0. The van der Waals surface area contributed by atoms with Gasteiger partial charge in [0.15, 0.2) is 0 Å². The Morgan fingerprint density at radius 3 is 2.36 bits per heavy atom. The van der Waals surface area contributed by atoms with Gasteiger partial charge in [0.2, 0.25) is 0 Å². The van der Waals surface area contributed by atoms with Crippen LogP contribution in [0.15, 0.2) is 48.0 Å². The molecule has 1 amide bonds. The number of likely N-dealkylation sites (tertiary alicyclic amines) is 1. The standard InChI is InChI=1S/C29H38N2O5/c1-7-35-23-12-9-21(10-13-23)26-25(28(33)29(34)31(26)16-8-15-30(5)6)27(32)22-11-14-24(20(4)17-22)36-18-19(2)3/h9-14,17,19,26,32H,7-8,15-16,18H2,1-6H3/t26-/m1/s1. The number of aryl methyl sites for hydroxylation is 1. The minimum atomic E-state index is -0.681. The highest BCUT2D eigenvalue weighted by Gasteiger charge is 2.45. The number of carbonyl (C=O) groups is 2. The molecule has 0 aromatic heterocycles. The predicted molar refractivity (Wildman–Crippen MR) is 141 cm³/mol. The third-order valence-electron chi connectivity index (χ3n) is 6.07. The van der Waals surface area contributed by atoms with Gasteiger partial charge in [0.05, 0.1) is 24.8 Å². The molecule has 1 heterocycles. The number of hydrogen-bond acceptors (Lipinski definition) is 6. The van der Waals surface area contributed by atoms with Crippen molar-refractivity contribution in [1.29, 1.82) is 0 Å². The van der Waals surface area contributed by atoms with Gasteiger partial charge in [-0.05, 0) is 88.3 Å². The molecule has 0 radical (unpaired) electrons. The van der Waals surface area contributed by atoms with E-state index in [2.05, 4.69) is 13.8 Å². The third-order valence-corrected chi connectivity index (χ3v) is 6.07. The normalized spacial score (nSPS) is 17.3. The molecule has 2 aromatic rings. The van der Waals surface area contributed by atoms with Crippen molar-refractivity contribution in [3.05, 3.63) is 64.7 Å². The molecule has 1 fully saturated rings. The first-order valence-electron chi connectivity index (χ1n) is 12.5. The monoisotopic (exact) mass is 494 g/mol. The molecular formula is C29H38N2O5. The number of amides is 1. The van der Waals surface area contributed by atoms with Crippen molar-refractivity contribution in [2.75, 3.05) is 40.4 Å². The van der Waals surface area contributed by atoms with Gasteiger partial charge >= 0.3 is 0 Å². The lowest BCUT2D eigenvalue weighted by atomic mass is 9.94. The number of rotatable bonds is 11. The summed E-state index contributed by atoms with van der Waals surface area (Å²) in [5.74, 6) is 0.374. The van der Waals surface area contributed by atoms with Gasteiger partial charge in [-0.15, -0.1) is 0 Å². The van der Waals surface area contributed by atoms with E-state index in [1.165, 1.54) is 0 Å². The third kappa shape index (κ3) is 6.26. The molecule has 0 saturated carbocycles. The number of ketones is 1. The number of aliphatic hydroxyl groups is 1. The van der Waals surface area contributed by atoms with Crippen LogP contribution >= 0.6 is 0 Å². The molecule has 1 N–H and O–H groups in total. The summed E-state index contributed by atoms with van der Waals surface area (Å²) in [6.07, 6.45) is 0.703. The molecule has 194 valence electrons. The molecule has 1 atom stereocenters. The molecule has 36 heavy (non-hydrogen) atoms. The van der Waals surface area contributed by atoms with Gasteiger partial charge in [-0.25, -0.2) is 0 Å². The smallest absolute Gasteiger partial charge is 0.295 e. The number of nitrogens with zero attached hydrogens (tertiary/aromatic N) is 2. The van der Waals surface area contributed by atoms with Crippen molar-refractivity contribution in [1.82, 2.24) is 9.80 Å². The maximum atomic E-state index is 13.2. The Hall–Kier alpha value is -3.32. The van der Waals surface area contributed by atoms with Gasteiger partial charge in [-0.1, -0.05) is 26.0 Å². The minimum Gasteiger partial charge on any atom is -0.507 e. The van der Waals surface area contributed by atoms with E-state index < -0.39 is 17.7 Å². The lowest BCUT2D eigenvalue weighted by molar-refractivity contribution is -0.139. The van der Waals surface area contributed by atoms with E-state index in [9.17, 15) is 14.7 Å². The number of benzene rings is 2. The maximum Gasteiger partial charge on any atom is 0.295 e. The van der Waals surface area contributed by atoms with E-state index >= 15 is 0 Å². The van der Waals surface area contributed by atoms with Crippen molar-refractivity contribution < 1.29 is 24.2 Å². The molecule has 3 rings (SSSR count). The fourth-order valence-corrected chi connectivity index (χ4v) is 4.30. The largest absolute Gasteiger partial charge is 0.507 e. The van der Waals surface area contributed by atoms with Crippen LogP contribution < -0.4 is 9.47 Å². The second-order valence-electron chi connectivity index (χ2n) is 9.84. The van der Waals surface area contributed by atoms with Crippen LogP contribution in [0.1, 0.15) is 49.9 Å². The Morgan fingerprint density at radius 1 is 1.08 bits per heavy atom. The average Bonchev–Trinajstić information content (AvgIpc) is 3.08. The Labute approximate surface area is 214 Å². The van der Waals surface area contributed by atoms with Crippen molar-refractivity contribution in [2.24, 2.45) is 5.92 Å². The van der Waals surface area contributed by atoms with Crippen molar-refractivity contribution in [3.63, 3.8) is 0 Å². The number of ether oxygens (including phenoxy) is 2. The van der Waals surface area contributed by atoms with E-state index in [0.29, 0.717) is 43.4 Å². The van der Waals surface area contributed by atoms with Gasteiger partial charge in [0.1, 0.15) is 17.3 Å². The van der Waals surface area contributed by atoms with Crippen LogP contribution in [0, 0.1) is 12.8 Å². The Morgan fingerprint density at radius 2 is 1.78 bits per heavy atom. The molecule has 1 aliphatic heterocycles. The van der Waals surface area contributed by atoms with Gasteiger partial charge in [0.25, 0.3) is 11.7 Å². The SMILES string of the molecule is CCOc1ccc([C@@H]2C(=C(O)c3ccc(OCC(C)C)c(C)c3)C(=O)C(=O)N2CCCN(C)C)cc1. The quantitative estimate of drug-likeness (QED) is 0.275.